The minimum Gasteiger partial charge on any atom is -0.377 e. The van der Waals surface area contributed by atoms with E-state index >= 15 is 0 Å². The van der Waals surface area contributed by atoms with Gasteiger partial charge in [0.25, 0.3) is 11.8 Å². The first-order chi connectivity index (χ1) is 22.8. The molecule has 1 atom stereocenters. The Morgan fingerprint density at radius 1 is 0.574 bits per heavy atom. The van der Waals surface area contributed by atoms with Crippen molar-refractivity contribution in [3.63, 3.8) is 0 Å². The number of rotatable bonds is 30. The zero-order chi connectivity index (χ0) is 34.4. The molecule has 0 radical (unpaired) electrons. The van der Waals surface area contributed by atoms with Gasteiger partial charge in [0, 0.05) is 56.7 Å². The van der Waals surface area contributed by atoms with Crippen molar-refractivity contribution in [2.45, 2.75) is 71.8 Å². The fraction of sp³-hybridized carbons (Fsp3) is 0.706. The topological polar surface area (TPSA) is 165 Å². The maximum atomic E-state index is 12.4. The van der Waals surface area contributed by atoms with Crippen molar-refractivity contribution in [1.29, 1.82) is 0 Å². The van der Waals surface area contributed by atoms with Crippen LogP contribution in [0, 0.1) is 0 Å². The Balaban J connectivity index is 1.96. The number of nitrogens with one attached hydrogen (secondary N) is 5. The molecule has 1 rings (SSSR count). The third-order valence-electron chi connectivity index (χ3n) is 7.09. The number of amides is 4. The van der Waals surface area contributed by atoms with Gasteiger partial charge in [-0.3, -0.25) is 19.2 Å². The number of carbonyl (C=O) groups excluding carboxylic acids is 4. The molecular formula is C34H59N5O8. The second-order valence-corrected chi connectivity index (χ2v) is 11.2. The molecule has 0 saturated heterocycles. The summed E-state index contributed by atoms with van der Waals surface area (Å²) in [5.74, 6) is -0.544. The van der Waals surface area contributed by atoms with Crippen LogP contribution in [-0.4, -0.2) is 115 Å². The van der Waals surface area contributed by atoms with Gasteiger partial charge in [0.1, 0.15) is 0 Å². The maximum Gasteiger partial charge on any atom is 0.251 e. The van der Waals surface area contributed by atoms with Gasteiger partial charge in [-0.2, -0.15) is 0 Å². The van der Waals surface area contributed by atoms with Gasteiger partial charge in [0.05, 0.1) is 52.9 Å². The molecular weight excluding hydrogens is 606 g/mol. The van der Waals surface area contributed by atoms with Crippen molar-refractivity contribution >= 4 is 23.6 Å². The molecule has 1 aromatic carbocycles. The van der Waals surface area contributed by atoms with Crippen molar-refractivity contribution in [3.05, 3.63) is 35.4 Å². The first-order valence-corrected chi connectivity index (χ1v) is 17.0. The van der Waals surface area contributed by atoms with Crippen LogP contribution in [-0.2, 0) is 28.5 Å². The van der Waals surface area contributed by atoms with E-state index < -0.39 is 0 Å². The first kappa shape index (κ1) is 41.9. The van der Waals surface area contributed by atoms with Gasteiger partial charge < -0.3 is 45.5 Å². The lowest BCUT2D eigenvalue weighted by Gasteiger charge is -2.10. The highest BCUT2D eigenvalue weighted by molar-refractivity contribution is 5.97. The fourth-order valence-corrected chi connectivity index (χ4v) is 4.18. The van der Waals surface area contributed by atoms with Gasteiger partial charge in [0.2, 0.25) is 11.8 Å². The summed E-state index contributed by atoms with van der Waals surface area (Å²) in [5, 5.41) is 14.6. The molecule has 0 aliphatic rings. The number of hydrogen-bond donors (Lipinski definition) is 5. The van der Waals surface area contributed by atoms with Crippen LogP contribution < -0.4 is 26.6 Å². The van der Waals surface area contributed by atoms with Gasteiger partial charge in [-0.1, -0.05) is 26.2 Å². The Bertz CT molecular complexity index is 980. The van der Waals surface area contributed by atoms with E-state index in [2.05, 4.69) is 40.4 Å². The number of ether oxygens (including phenoxy) is 4. The minimum absolute atomic E-state index is 0.0640. The van der Waals surface area contributed by atoms with Crippen molar-refractivity contribution in [1.82, 2.24) is 26.6 Å². The highest BCUT2D eigenvalue weighted by Crippen LogP contribution is 2.06. The minimum atomic E-state index is -0.257. The Morgan fingerprint density at radius 3 is 1.47 bits per heavy atom. The van der Waals surface area contributed by atoms with Gasteiger partial charge in [-0.05, 0) is 57.0 Å². The van der Waals surface area contributed by atoms with E-state index in [0.717, 1.165) is 32.2 Å². The first-order valence-electron chi connectivity index (χ1n) is 17.0. The van der Waals surface area contributed by atoms with Crippen LogP contribution in [0.3, 0.4) is 0 Å². The highest BCUT2D eigenvalue weighted by atomic mass is 16.5. The van der Waals surface area contributed by atoms with Gasteiger partial charge in [-0.15, -0.1) is 0 Å². The summed E-state index contributed by atoms with van der Waals surface area (Å²) in [5.41, 5.74) is 0.885. The smallest absolute Gasteiger partial charge is 0.251 e. The molecule has 0 spiro atoms. The summed E-state index contributed by atoms with van der Waals surface area (Å²) in [6.07, 6.45) is 7.25. The van der Waals surface area contributed by atoms with Crippen molar-refractivity contribution < 1.29 is 38.1 Å². The lowest BCUT2D eigenvalue weighted by Crippen LogP contribution is -2.29. The molecule has 47 heavy (non-hydrogen) atoms. The highest BCUT2D eigenvalue weighted by Gasteiger charge is 2.09. The SMILES string of the molecule is CCC(C)NCCCCCCCC(=O)NCCOCCOCCNC(=O)c1ccc(C(=O)NCCOCCOCCNC(C)=O)cc1. The van der Waals surface area contributed by atoms with E-state index in [1.807, 2.05) is 0 Å². The van der Waals surface area contributed by atoms with Crippen LogP contribution in [0.5, 0.6) is 0 Å². The quantitative estimate of drug-likeness (QED) is 0.0775. The molecule has 0 aliphatic heterocycles. The molecule has 0 aliphatic carbocycles. The summed E-state index contributed by atoms with van der Waals surface area (Å²) in [6.45, 7) is 11.6. The van der Waals surface area contributed by atoms with Crippen LogP contribution in [0.1, 0.15) is 86.4 Å². The molecule has 0 fully saturated rings. The second kappa shape index (κ2) is 29.1. The van der Waals surface area contributed by atoms with Crippen LogP contribution in [0.4, 0.5) is 0 Å². The van der Waals surface area contributed by atoms with Gasteiger partial charge in [0.15, 0.2) is 0 Å². The van der Waals surface area contributed by atoms with E-state index in [9.17, 15) is 19.2 Å². The summed E-state index contributed by atoms with van der Waals surface area (Å²) >= 11 is 0. The Hall–Kier alpha value is -3.10. The standard InChI is InChI=1S/C34H59N5O8/c1-4-28(2)35-15-9-7-5-6-8-10-32(41)37-17-21-45-25-27-47-23-19-39-34(43)31-13-11-30(12-14-31)33(42)38-18-22-46-26-24-44-20-16-36-29(3)40/h11-14,28,35H,4-10,15-27H2,1-3H3,(H,36,40)(H,37,41)(H,38,42)(H,39,43). The molecule has 0 saturated carbocycles. The largest absolute Gasteiger partial charge is 0.377 e. The summed E-state index contributed by atoms with van der Waals surface area (Å²) < 4.78 is 21.7. The Labute approximate surface area is 280 Å². The predicted molar refractivity (Wildman–Crippen MR) is 182 cm³/mol. The van der Waals surface area contributed by atoms with E-state index in [0.29, 0.717) is 103 Å². The predicted octanol–water partition coefficient (Wildman–Crippen LogP) is 2.19. The molecule has 4 amide bonds. The Kier molecular flexibility index (Phi) is 25.9. The maximum absolute atomic E-state index is 12.4. The van der Waals surface area contributed by atoms with Crippen LogP contribution in [0.15, 0.2) is 24.3 Å². The van der Waals surface area contributed by atoms with Crippen molar-refractivity contribution in [3.8, 4) is 0 Å². The van der Waals surface area contributed by atoms with Crippen LogP contribution >= 0.6 is 0 Å². The Morgan fingerprint density at radius 2 is 1.00 bits per heavy atom. The third kappa shape index (κ3) is 24.7. The van der Waals surface area contributed by atoms with Gasteiger partial charge >= 0.3 is 0 Å². The monoisotopic (exact) mass is 665 g/mol. The molecule has 5 N–H and O–H groups in total. The van der Waals surface area contributed by atoms with Crippen LogP contribution in [0.25, 0.3) is 0 Å². The third-order valence-corrected chi connectivity index (χ3v) is 7.09. The molecule has 0 bridgehead atoms. The zero-order valence-corrected chi connectivity index (χ0v) is 28.8. The number of unbranched alkanes of at least 4 members (excludes halogenated alkanes) is 4. The normalized spacial score (nSPS) is 11.6. The second-order valence-electron chi connectivity index (χ2n) is 11.2. The number of benzene rings is 1. The lowest BCUT2D eigenvalue weighted by atomic mass is 10.1. The molecule has 13 heteroatoms. The number of carbonyl (C=O) groups is 4. The van der Waals surface area contributed by atoms with E-state index in [4.69, 9.17) is 18.9 Å². The summed E-state index contributed by atoms with van der Waals surface area (Å²) in [7, 11) is 0. The van der Waals surface area contributed by atoms with Crippen molar-refractivity contribution in [2.24, 2.45) is 0 Å². The lowest BCUT2D eigenvalue weighted by molar-refractivity contribution is -0.121. The van der Waals surface area contributed by atoms with Crippen LogP contribution in [0.2, 0.25) is 0 Å². The fourth-order valence-electron chi connectivity index (χ4n) is 4.18. The molecule has 1 unspecified atom stereocenters. The van der Waals surface area contributed by atoms with E-state index in [1.165, 1.54) is 19.8 Å². The molecule has 0 heterocycles. The summed E-state index contributed by atoms with van der Waals surface area (Å²) in [4.78, 5) is 47.4. The van der Waals surface area contributed by atoms with Gasteiger partial charge in [-0.25, -0.2) is 0 Å². The molecule has 13 nitrogen and oxygen atoms in total. The molecule has 1 aromatic rings. The van der Waals surface area contributed by atoms with E-state index in [1.54, 1.807) is 24.3 Å². The van der Waals surface area contributed by atoms with E-state index in [-0.39, 0.29) is 23.6 Å². The molecule has 268 valence electrons. The molecule has 0 aromatic heterocycles. The average molecular weight is 666 g/mol. The number of hydrogen-bond acceptors (Lipinski definition) is 9. The average Bonchev–Trinajstić information content (AvgIpc) is 3.07. The zero-order valence-electron chi connectivity index (χ0n) is 28.8. The summed E-state index contributed by atoms with van der Waals surface area (Å²) in [6, 6.07) is 6.98. The van der Waals surface area contributed by atoms with Crippen molar-refractivity contribution in [2.75, 3.05) is 85.6 Å².